The van der Waals surface area contributed by atoms with E-state index >= 15 is 0 Å². The molecular weight excluding hydrogens is 366 g/mol. The third kappa shape index (κ3) is 4.16. The molecule has 0 bridgehead atoms. The van der Waals surface area contributed by atoms with Gasteiger partial charge in [-0.05, 0) is 60.9 Å². The van der Waals surface area contributed by atoms with Gasteiger partial charge >= 0.3 is 0 Å². The Morgan fingerprint density at radius 1 is 1.10 bits per heavy atom. The summed E-state index contributed by atoms with van der Waals surface area (Å²) in [6, 6.07) is 15.8. The zero-order valence-corrected chi connectivity index (χ0v) is 16.0. The SMILES string of the molecule is c1cc(-c2ccc(Oc3ccc4nc(CNC[C@@H]5CCCO5)[nH]c4c3)cc2)[nH]n1. The van der Waals surface area contributed by atoms with E-state index in [-0.39, 0.29) is 0 Å². The average Bonchev–Trinajstić information content (AvgIpc) is 3.50. The molecule has 1 aliphatic rings. The summed E-state index contributed by atoms with van der Waals surface area (Å²) in [4.78, 5) is 8.01. The Morgan fingerprint density at radius 2 is 2.00 bits per heavy atom. The lowest BCUT2D eigenvalue weighted by Crippen LogP contribution is -2.26. The first-order chi connectivity index (χ1) is 14.3. The smallest absolute Gasteiger partial charge is 0.129 e. The van der Waals surface area contributed by atoms with Crippen LogP contribution in [0.3, 0.4) is 0 Å². The van der Waals surface area contributed by atoms with Gasteiger partial charge in [-0.3, -0.25) is 5.10 Å². The van der Waals surface area contributed by atoms with Crippen LogP contribution in [0.15, 0.2) is 54.7 Å². The summed E-state index contributed by atoms with van der Waals surface area (Å²) >= 11 is 0. The second-order valence-electron chi connectivity index (χ2n) is 7.23. The highest BCUT2D eigenvalue weighted by Crippen LogP contribution is 2.27. The molecule has 0 unspecified atom stereocenters. The lowest BCUT2D eigenvalue weighted by molar-refractivity contribution is 0.110. The minimum Gasteiger partial charge on any atom is -0.457 e. The van der Waals surface area contributed by atoms with Crippen molar-refractivity contribution in [3.05, 3.63) is 60.6 Å². The molecule has 0 aliphatic carbocycles. The first kappa shape index (κ1) is 17.9. The maximum atomic E-state index is 6.01. The van der Waals surface area contributed by atoms with Crippen LogP contribution in [0.5, 0.6) is 11.5 Å². The van der Waals surface area contributed by atoms with E-state index in [0.717, 1.165) is 65.6 Å². The maximum Gasteiger partial charge on any atom is 0.129 e. The number of ether oxygens (including phenoxy) is 2. The minimum atomic E-state index is 0.332. The fourth-order valence-electron chi connectivity index (χ4n) is 3.60. The normalized spacial score (nSPS) is 16.5. The average molecular weight is 389 g/mol. The molecule has 0 spiro atoms. The van der Waals surface area contributed by atoms with E-state index < -0.39 is 0 Å². The maximum absolute atomic E-state index is 6.01. The van der Waals surface area contributed by atoms with Crippen LogP contribution in [0, 0.1) is 0 Å². The van der Waals surface area contributed by atoms with E-state index in [0.29, 0.717) is 12.6 Å². The molecule has 1 saturated heterocycles. The Bertz CT molecular complexity index is 1070. The minimum absolute atomic E-state index is 0.332. The standard InChI is InChI=1S/C22H23N5O2/c1-2-18(28-11-1)13-23-14-22-25-20-8-7-17(12-21(20)26-22)29-16-5-3-15(4-6-16)19-9-10-24-27-19/h3-10,12,18,23H,1-2,11,13-14H2,(H,24,27)(H,25,26)/t18-/m0/s1. The molecule has 2 aromatic heterocycles. The highest BCUT2D eigenvalue weighted by Gasteiger charge is 2.15. The van der Waals surface area contributed by atoms with Crippen LogP contribution in [0.2, 0.25) is 0 Å². The molecule has 2 aromatic carbocycles. The number of nitrogens with zero attached hydrogens (tertiary/aromatic N) is 2. The number of fused-ring (bicyclic) bond motifs is 1. The number of hydrogen-bond acceptors (Lipinski definition) is 5. The number of H-pyrrole nitrogens is 2. The molecule has 0 radical (unpaired) electrons. The zero-order valence-electron chi connectivity index (χ0n) is 16.0. The molecule has 5 rings (SSSR count). The number of hydrogen-bond donors (Lipinski definition) is 3. The highest BCUT2D eigenvalue weighted by molar-refractivity contribution is 5.77. The van der Waals surface area contributed by atoms with Crippen LogP contribution >= 0.6 is 0 Å². The molecule has 0 saturated carbocycles. The number of imidazole rings is 1. The number of aromatic nitrogens is 4. The van der Waals surface area contributed by atoms with Crippen molar-refractivity contribution in [2.24, 2.45) is 0 Å². The molecule has 1 fully saturated rings. The van der Waals surface area contributed by atoms with Crippen LogP contribution < -0.4 is 10.1 Å². The summed E-state index contributed by atoms with van der Waals surface area (Å²) in [5.41, 5.74) is 3.95. The molecule has 29 heavy (non-hydrogen) atoms. The van der Waals surface area contributed by atoms with Gasteiger partial charge in [-0.2, -0.15) is 5.10 Å². The second kappa shape index (κ2) is 8.06. The van der Waals surface area contributed by atoms with Gasteiger partial charge in [0.2, 0.25) is 0 Å². The van der Waals surface area contributed by atoms with Gasteiger partial charge in [0.25, 0.3) is 0 Å². The molecule has 148 valence electrons. The summed E-state index contributed by atoms with van der Waals surface area (Å²) in [6.07, 6.45) is 4.37. The van der Waals surface area contributed by atoms with E-state index in [1.807, 2.05) is 48.5 Å². The quantitative estimate of drug-likeness (QED) is 0.444. The van der Waals surface area contributed by atoms with Crippen LogP contribution in [0.1, 0.15) is 18.7 Å². The summed E-state index contributed by atoms with van der Waals surface area (Å²) in [5, 5.41) is 10.4. The van der Waals surface area contributed by atoms with Crippen molar-refractivity contribution in [2.75, 3.05) is 13.2 Å². The molecule has 1 aliphatic heterocycles. The fourth-order valence-corrected chi connectivity index (χ4v) is 3.60. The Morgan fingerprint density at radius 3 is 2.79 bits per heavy atom. The number of rotatable bonds is 7. The van der Waals surface area contributed by atoms with Crippen LogP contribution in [-0.4, -0.2) is 39.4 Å². The van der Waals surface area contributed by atoms with Gasteiger partial charge < -0.3 is 19.8 Å². The molecule has 7 nitrogen and oxygen atoms in total. The summed E-state index contributed by atoms with van der Waals surface area (Å²) in [5.74, 6) is 2.47. The Hall–Kier alpha value is -3.16. The molecule has 7 heteroatoms. The first-order valence-electron chi connectivity index (χ1n) is 9.92. The van der Waals surface area contributed by atoms with Crippen molar-refractivity contribution in [3.8, 4) is 22.8 Å². The van der Waals surface area contributed by atoms with Gasteiger partial charge in [-0.15, -0.1) is 0 Å². The number of benzene rings is 2. The van der Waals surface area contributed by atoms with Gasteiger partial charge in [0.05, 0.1) is 29.4 Å². The number of aromatic amines is 2. The molecule has 3 N–H and O–H groups in total. The summed E-state index contributed by atoms with van der Waals surface area (Å²) in [6.45, 7) is 2.44. The van der Waals surface area contributed by atoms with Crippen LogP contribution in [-0.2, 0) is 11.3 Å². The predicted molar refractivity (Wildman–Crippen MR) is 111 cm³/mol. The molecule has 3 heterocycles. The summed E-state index contributed by atoms with van der Waals surface area (Å²) < 4.78 is 11.6. The van der Waals surface area contributed by atoms with E-state index in [9.17, 15) is 0 Å². The first-order valence-corrected chi connectivity index (χ1v) is 9.92. The Labute approximate surface area is 168 Å². The van der Waals surface area contributed by atoms with Gasteiger partial charge in [0.1, 0.15) is 17.3 Å². The molecular formula is C22H23N5O2. The third-order valence-corrected chi connectivity index (χ3v) is 5.09. The molecule has 4 aromatic rings. The monoisotopic (exact) mass is 389 g/mol. The van der Waals surface area contributed by atoms with E-state index in [4.69, 9.17) is 9.47 Å². The Kier molecular flexibility index (Phi) is 4.98. The second-order valence-corrected chi connectivity index (χ2v) is 7.23. The van der Waals surface area contributed by atoms with E-state index in [1.165, 1.54) is 0 Å². The summed E-state index contributed by atoms with van der Waals surface area (Å²) in [7, 11) is 0. The van der Waals surface area contributed by atoms with Crippen molar-refractivity contribution >= 4 is 11.0 Å². The van der Waals surface area contributed by atoms with Crippen molar-refractivity contribution in [3.63, 3.8) is 0 Å². The molecule has 0 amide bonds. The van der Waals surface area contributed by atoms with Crippen molar-refractivity contribution < 1.29 is 9.47 Å². The third-order valence-electron chi connectivity index (χ3n) is 5.09. The number of nitrogens with one attached hydrogen (secondary N) is 3. The van der Waals surface area contributed by atoms with Gasteiger partial charge in [-0.25, -0.2) is 4.98 Å². The zero-order chi connectivity index (χ0) is 19.5. The van der Waals surface area contributed by atoms with E-state index in [2.05, 4.69) is 25.5 Å². The van der Waals surface area contributed by atoms with Crippen LogP contribution in [0.25, 0.3) is 22.3 Å². The lowest BCUT2D eigenvalue weighted by Gasteiger charge is -2.09. The molecule has 1 atom stereocenters. The Balaban J connectivity index is 1.23. The van der Waals surface area contributed by atoms with Crippen molar-refractivity contribution in [1.82, 2.24) is 25.5 Å². The van der Waals surface area contributed by atoms with Gasteiger partial charge in [0, 0.05) is 25.4 Å². The highest BCUT2D eigenvalue weighted by atomic mass is 16.5. The van der Waals surface area contributed by atoms with Crippen molar-refractivity contribution in [1.29, 1.82) is 0 Å². The predicted octanol–water partition coefficient (Wildman–Crippen LogP) is 4.01. The largest absolute Gasteiger partial charge is 0.457 e. The topological polar surface area (TPSA) is 87.8 Å². The van der Waals surface area contributed by atoms with Gasteiger partial charge in [-0.1, -0.05) is 0 Å². The van der Waals surface area contributed by atoms with E-state index in [1.54, 1.807) is 6.20 Å². The van der Waals surface area contributed by atoms with Gasteiger partial charge in [0.15, 0.2) is 0 Å². The van der Waals surface area contributed by atoms with Crippen LogP contribution in [0.4, 0.5) is 0 Å². The fraction of sp³-hybridized carbons (Fsp3) is 0.273. The van der Waals surface area contributed by atoms with Crippen molar-refractivity contribution in [2.45, 2.75) is 25.5 Å². The lowest BCUT2D eigenvalue weighted by atomic mass is 10.1.